The zero-order chi connectivity index (χ0) is 15.4. The molecule has 0 saturated carbocycles. The quantitative estimate of drug-likeness (QED) is 0.903. The topological polar surface area (TPSA) is 66.9 Å². The number of thiazole rings is 1. The van der Waals surface area contributed by atoms with Crippen molar-refractivity contribution in [3.8, 4) is 10.6 Å². The highest BCUT2D eigenvalue weighted by atomic mass is 32.1. The van der Waals surface area contributed by atoms with E-state index in [1.54, 1.807) is 23.7 Å². The second kappa shape index (κ2) is 6.98. The zero-order valence-electron chi connectivity index (χ0n) is 12.6. The van der Waals surface area contributed by atoms with Gasteiger partial charge in [-0.25, -0.2) is 4.98 Å². The Morgan fingerprint density at radius 1 is 1.55 bits per heavy atom. The van der Waals surface area contributed by atoms with E-state index in [0.717, 1.165) is 35.8 Å². The Kier molecular flexibility index (Phi) is 4.80. The maximum Gasteiger partial charge on any atom is 0.226 e. The Bertz CT molecular complexity index is 628. The molecule has 22 heavy (non-hydrogen) atoms. The minimum Gasteiger partial charge on any atom is -0.353 e. The van der Waals surface area contributed by atoms with Gasteiger partial charge in [-0.2, -0.15) is 0 Å². The van der Waals surface area contributed by atoms with Crippen molar-refractivity contribution in [2.24, 2.45) is 5.92 Å². The molecule has 2 unspecified atom stereocenters. The number of hydrogen-bond donors (Lipinski definition) is 2. The van der Waals surface area contributed by atoms with Crippen molar-refractivity contribution in [3.63, 3.8) is 0 Å². The van der Waals surface area contributed by atoms with Crippen LogP contribution in [0.2, 0.25) is 0 Å². The van der Waals surface area contributed by atoms with Crippen molar-refractivity contribution in [2.45, 2.75) is 25.8 Å². The van der Waals surface area contributed by atoms with E-state index in [0.29, 0.717) is 12.3 Å². The van der Waals surface area contributed by atoms with Crippen molar-refractivity contribution >= 4 is 17.2 Å². The lowest BCUT2D eigenvalue weighted by molar-refractivity contribution is -0.121. The van der Waals surface area contributed by atoms with Gasteiger partial charge in [-0.3, -0.25) is 9.78 Å². The van der Waals surface area contributed by atoms with Gasteiger partial charge in [0.25, 0.3) is 0 Å². The summed E-state index contributed by atoms with van der Waals surface area (Å²) in [5, 5.41) is 9.34. The SMILES string of the molecule is CC1CNCCC1NC(=O)Cc1csc(-c2cccnc2)n1. The maximum absolute atomic E-state index is 12.2. The van der Waals surface area contributed by atoms with Crippen LogP contribution in [-0.4, -0.2) is 35.0 Å². The number of piperidine rings is 1. The van der Waals surface area contributed by atoms with Crippen molar-refractivity contribution in [2.75, 3.05) is 13.1 Å². The molecule has 116 valence electrons. The van der Waals surface area contributed by atoms with E-state index in [1.165, 1.54) is 0 Å². The van der Waals surface area contributed by atoms with Gasteiger partial charge in [0.2, 0.25) is 5.91 Å². The highest BCUT2D eigenvalue weighted by Crippen LogP contribution is 2.22. The second-order valence-corrected chi connectivity index (χ2v) is 6.56. The summed E-state index contributed by atoms with van der Waals surface area (Å²) in [7, 11) is 0. The Balaban J connectivity index is 1.59. The van der Waals surface area contributed by atoms with Crippen LogP contribution in [0.1, 0.15) is 19.0 Å². The molecule has 0 bridgehead atoms. The fourth-order valence-electron chi connectivity index (χ4n) is 2.66. The van der Waals surface area contributed by atoms with Crippen LogP contribution in [0, 0.1) is 5.92 Å². The molecule has 6 heteroatoms. The Morgan fingerprint density at radius 2 is 2.45 bits per heavy atom. The third-order valence-electron chi connectivity index (χ3n) is 3.93. The minimum atomic E-state index is 0.0572. The highest BCUT2D eigenvalue weighted by Gasteiger charge is 2.22. The molecule has 1 saturated heterocycles. The van der Waals surface area contributed by atoms with Gasteiger partial charge in [0.05, 0.1) is 12.1 Å². The van der Waals surface area contributed by atoms with Crippen LogP contribution in [0.3, 0.4) is 0 Å². The third-order valence-corrected chi connectivity index (χ3v) is 4.87. The normalized spacial score (nSPS) is 21.5. The van der Waals surface area contributed by atoms with Crippen molar-refractivity contribution in [3.05, 3.63) is 35.6 Å². The third kappa shape index (κ3) is 3.69. The second-order valence-electron chi connectivity index (χ2n) is 5.71. The van der Waals surface area contributed by atoms with Crippen LogP contribution in [0.5, 0.6) is 0 Å². The molecule has 3 rings (SSSR count). The highest BCUT2D eigenvalue weighted by molar-refractivity contribution is 7.13. The van der Waals surface area contributed by atoms with Crippen LogP contribution in [0.4, 0.5) is 0 Å². The molecule has 2 aromatic heterocycles. The number of rotatable bonds is 4. The maximum atomic E-state index is 12.2. The van der Waals surface area contributed by atoms with Gasteiger partial charge in [0, 0.05) is 29.4 Å². The molecule has 2 atom stereocenters. The minimum absolute atomic E-state index is 0.0572. The van der Waals surface area contributed by atoms with Gasteiger partial charge in [0.1, 0.15) is 5.01 Å². The molecule has 0 spiro atoms. The lowest BCUT2D eigenvalue weighted by Crippen LogP contribution is -2.48. The molecule has 0 radical (unpaired) electrons. The van der Waals surface area contributed by atoms with E-state index in [1.807, 2.05) is 17.5 Å². The van der Waals surface area contributed by atoms with Gasteiger partial charge < -0.3 is 10.6 Å². The van der Waals surface area contributed by atoms with Crippen LogP contribution < -0.4 is 10.6 Å². The first-order valence-electron chi connectivity index (χ1n) is 7.57. The molecule has 3 heterocycles. The number of nitrogens with one attached hydrogen (secondary N) is 2. The number of pyridine rings is 1. The number of nitrogens with zero attached hydrogens (tertiary/aromatic N) is 2. The van der Waals surface area contributed by atoms with E-state index in [4.69, 9.17) is 0 Å². The molecule has 2 N–H and O–H groups in total. The molecule has 0 aromatic carbocycles. The largest absolute Gasteiger partial charge is 0.353 e. The first-order chi connectivity index (χ1) is 10.7. The first kappa shape index (κ1) is 15.1. The zero-order valence-corrected chi connectivity index (χ0v) is 13.4. The van der Waals surface area contributed by atoms with Gasteiger partial charge in [-0.15, -0.1) is 11.3 Å². The van der Waals surface area contributed by atoms with Gasteiger partial charge in [0.15, 0.2) is 0 Å². The van der Waals surface area contributed by atoms with E-state index in [9.17, 15) is 4.79 Å². The van der Waals surface area contributed by atoms with Crippen LogP contribution in [-0.2, 0) is 11.2 Å². The summed E-state index contributed by atoms with van der Waals surface area (Å²) in [6, 6.07) is 4.14. The van der Waals surface area contributed by atoms with Gasteiger partial charge >= 0.3 is 0 Å². The van der Waals surface area contributed by atoms with Crippen molar-refractivity contribution in [1.29, 1.82) is 0 Å². The fourth-order valence-corrected chi connectivity index (χ4v) is 3.47. The summed E-state index contributed by atoms with van der Waals surface area (Å²) in [6.45, 7) is 4.10. The summed E-state index contributed by atoms with van der Waals surface area (Å²) in [5.41, 5.74) is 1.81. The molecular formula is C16H20N4OS. The molecule has 1 amide bonds. The van der Waals surface area contributed by atoms with E-state index in [-0.39, 0.29) is 11.9 Å². The molecule has 5 nitrogen and oxygen atoms in total. The standard InChI is InChI=1S/C16H20N4OS/c1-11-8-18-6-4-14(11)20-15(21)7-13-10-22-16(19-13)12-3-2-5-17-9-12/h2-3,5,9-11,14,18H,4,6-8H2,1H3,(H,20,21). The monoisotopic (exact) mass is 316 g/mol. The van der Waals surface area contributed by atoms with Crippen molar-refractivity contribution < 1.29 is 4.79 Å². The molecular weight excluding hydrogens is 296 g/mol. The molecule has 1 fully saturated rings. The summed E-state index contributed by atoms with van der Waals surface area (Å²) in [4.78, 5) is 20.8. The van der Waals surface area contributed by atoms with E-state index in [2.05, 4.69) is 27.5 Å². The Labute approximate surface area is 134 Å². The smallest absolute Gasteiger partial charge is 0.226 e. The van der Waals surface area contributed by atoms with Crippen LogP contribution in [0.15, 0.2) is 29.9 Å². The van der Waals surface area contributed by atoms with Crippen molar-refractivity contribution in [1.82, 2.24) is 20.6 Å². The summed E-state index contributed by atoms with van der Waals surface area (Å²) in [6.07, 6.45) is 4.86. The Hall–Kier alpha value is -1.79. The predicted octanol–water partition coefficient (Wildman–Crippen LogP) is 1.86. The van der Waals surface area contributed by atoms with Crippen LogP contribution in [0.25, 0.3) is 10.6 Å². The average molecular weight is 316 g/mol. The number of aromatic nitrogens is 2. The van der Waals surface area contributed by atoms with E-state index < -0.39 is 0 Å². The van der Waals surface area contributed by atoms with Gasteiger partial charge in [-0.1, -0.05) is 6.92 Å². The molecule has 1 aliphatic rings. The molecule has 1 aliphatic heterocycles. The van der Waals surface area contributed by atoms with Gasteiger partial charge in [-0.05, 0) is 37.6 Å². The number of carbonyl (C=O) groups excluding carboxylic acids is 1. The van der Waals surface area contributed by atoms with Crippen LogP contribution >= 0.6 is 11.3 Å². The number of carbonyl (C=O) groups is 1. The first-order valence-corrected chi connectivity index (χ1v) is 8.45. The summed E-state index contributed by atoms with van der Waals surface area (Å²) < 4.78 is 0. The molecule has 2 aromatic rings. The average Bonchev–Trinajstić information content (AvgIpc) is 2.99. The lowest BCUT2D eigenvalue weighted by atomic mass is 9.95. The number of hydrogen-bond acceptors (Lipinski definition) is 5. The summed E-state index contributed by atoms with van der Waals surface area (Å²) in [5.74, 6) is 0.529. The van der Waals surface area contributed by atoms with E-state index >= 15 is 0 Å². The summed E-state index contributed by atoms with van der Waals surface area (Å²) >= 11 is 1.55. The Morgan fingerprint density at radius 3 is 3.23 bits per heavy atom. The fraction of sp³-hybridized carbons (Fsp3) is 0.438. The lowest BCUT2D eigenvalue weighted by Gasteiger charge is -2.30. The predicted molar refractivity (Wildman–Crippen MR) is 87.6 cm³/mol. The number of amides is 1. The molecule has 0 aliphatic carbocycles.